The number of primary amides is 1. The van der Waals surface area contributed by atoms with Gasteiger partial charge in [-0.2, -0.15) is 5.10 Å². The number of ether oxygens (including phenoxy) is 1. The number of hydrogen-bond donors (Lipinski definition) is 3. The molecule has 0 bridgehead atoms. The number of benzene rings is 2. The van der Waals surface area contributed by atoms with E-state index in [9.17, 15) is 4.79 Å². The molecule has 3 heterocycles. The first-order valence-corrected chi connectivity index (χ1v) is 11.5. The number of amides is 1. The highest BCUT2D eigenvalue weighted by Crippen LogP contribution is 2.44. The Morgan fingerprint density at radius 1 is 1.21 bits per heavy atom. The fourth-order valence-electron chi connectivity index (χ4n) is 5.30. The van der Waals surface area contributed by atoms with Crippen LogP contribution in [0.2, 0.25) is 0 Å². The molecule has 1 atom stereocenters. The maximum Gasteiger partial charge on any atom is 0.218 e. The third-order valence-electron chi connectivity index (χ3n) is 6.94. The number of piperazine rings is 1. The molecule has 176 valence electrons. The topological polar surface area (TPSA) is 103 Å². The summed E-state index contributed by atoms with van der Waals surface area (Å²) in [6, 6.07) is 14.7. The molecule has 1 saturated heterocycles. The molecule has 1 unspecified atom stereocenters. The van der Waals surface area contributed by atoms with Crippen LogP contribution in [0.3, 0.4) is 0 Å². The van der Waals surface area contributed by atoms with E-state index in [4.69, 9.17) is 10.5 Å². The quantitative estimate of drug-likeness (QED) is 0.395. The summed E-state index contributed by atoms with van der Waals surface area (Å²) in [6.45, 7) is 3.06. The molecule has 0 aliphatic carbocycles. The van der Waals surface area contributed by atoms with E-state index in [1.807, 2.05) is 30.7 Å². The van der Waals surface area contributed by atoms with Gasteiger partial charge < -0.3 is 20.4 Å². The first kappa shape index (κ1) is 22.2. The predicted octanol–water partition coefficient (Wildman–Crippen LogP) is 2.93. The summed E-state index contributed by atoms with van der Waals surface area (Å²) in [7, 11) is 3.83. The first-order valence-electron chi connectivity index (χ1n) is 11.5. The van der Waals surface area contributed by atoms with Gasteiger partial charge in [0.15, 0.2) is 0 Å². The third kappa shape index (κ3) is 3.74. The van der Waals surface area contributed by atoms with Gasteiger partial charge in [-0.3, -0.25) is 14.8 Å². The number of aromatic amines is 2. The SMILES string of the molecule is COc1cccc(C2(c3cccc4c(-c5cn[nH]c5)c[nH]c34)CN(C)CCN2CCC(N)=O)c1. The molecule has 1 aliphatic heterocycles. The third-order valence-corrected chi connectivity index (χ3v) is 6.94. The van der Waals surface area contributed by atoms with E-state index in [2.05, 4.69) is 62.4 Å². The lowest BCUT2D eigenvalue weighted by Crippen LogP contribution is -2.60. The fourth-order valence-corrected chi connectivity index (χ4v) is 5.30. The van der Waals surface area contributed by atoms with E-state index in [1.165, 1.54) is 0 Å². The number of H-pyrrole nitrogens is 2. The molecular formula is C26H30N6O2. The van der Waals surface area contributed by atoms with Crippen LogP contribution < -0.4 is 10.5 Å². The van der Waals surface area contributed by atoms with Crippen LogP contribution in [-0.4, -0.2) is 71.2 Å². The second kappa shape index (κ2) is 8.96. The Morgan fingerprint density at radius 3 is 2.82 bits per heavy atom. The van der Waals surface area contributed by atoms with Crippen molar-refractivity contribution in [1.82, 2.24) is 25.0 Å². The number of nitrogens with zero attached hydrogens (tertiary/aromatic N) is 3. The van der Waals surface area contributed by atoms with Crippen LogP contribution in [0.4, 0.5) is 0 Å². The van der Waals surface area contributed by atoms with E-state index >= 15 is 0 Å². The van der Waals surface area contributed by atoms with Gasteiger partial charge in [-0.25, -0.2) is 0 Å². The molecule has 0 saturated carbocycles. The molecule has 4 N–H and O–H groups in total. The average molecular weight is 459 g/mol. The zero-order valence-electron chi connectivity index (χ0n) is 19.5. The van der Waals surface area contributed by atoms with Crippen LogP contribution in [0.5, 0.6) is 5.75 Å². The highest BCUT2D eigenvalue weighted by Gasteiger charge is 2.45. The number of likely N-dealkylation sites (N-methyl/N-ethyl adjacent to an activating group) is 1. The minimum Gasteiger partial charge on any atom is -0.497 e. The second-order valence-corrected chi connectivity index (χ2v) is 8.95. The molecule has 8 nitrogen and oxygen atoms in total. The molecule has 0 radical (unpaired) electrons. The Kier molecular flexibility index (Phi) is 5.85. The van der Waals surface area contributed by atoms with E-state index in [0.29, 0.717) is 13.0 Å². The van der Waals surface area contributed by atoms with Gasteiger partial charge in [0.25, 0.3) is 0 Å². The Morgan fingerprint density at radius 2 is 2.06 bits per heavy atom. The van der Waals surface area contributed by atoms with Crippen LogP contribution in [-0.2, 0) is 10.3 Å². The molecule has 8 heteroatoms. The predicted molar refractivity (Wildman–Crippen MR) is 133 cm³/mol. The van der Waals surface area contributed by atoms with E-state index in [0.717, 1.165) is 58.5 Å². The molecule has 4 aromatic rings. The van der Waals surface area contributed by atoms with Gasteiger partial charge in [0.05, 0.1) is 24.4 Å². The molecule has 34 heavy (non-hydrogen) atoms. The van der Waals surface area contributed by atoms with Crippen LogP contribution >= 0.6 is 0 Å². The lowest BCUT2D eigenvalue weighted by molar-refractivity contribution is -0.118. The lowest BCUT2D eigenvalue weighted by Gasteiger charge is -2.51. The van der Waals surface area contributed by atoms with E-state index in [-0.39, 0.29) is 5.91 Å². The minimum atomic E-state index is -0.505. The standard InChI is InChI=1S/C26H30N6O2/c1-31-11-12-32(10-9-24(27)33)26(17-31,19-5-3-6-20(13-19)34-2)23-8-4-7-21-22(16-28-25(21)23)18-14-29-30-15-18/h3-8,13-16,28H,9-12,17H2,1-2H3,(H2,27,33)(H,29,30). The van der Waals surface area contributed by atoms with Crippen LogP contribution in [0.1, 0.15) is 17.5 Å². The number of nitrogens with two attached hydrogens (primary N) is 1. The Labute approximate surface area is 198 Å². The maximum absolute atomic E-state index is 11.8. The highest BCUT2D eigenvalue weighted by molar-refractivity contribution is 5.97. The summed E-state index contributed by atoms with van der Waals surface area (Å²) in [6.07, 6.45) is 6.08. The Bertz CT molecular complexity index is 1300. The van der Waals surface area contributed by atoms with Gasteiger partial charge in [0.1, 0.15) is 5.75 Å². The molecule has 1 amide bonds. The highest BCUT2D eigenvalue weighted by atomic mass is 16.5. The van der Waals surface area contributed by atoms with Crippen molar-refractivity contribution < 1.29 is 9.53 Å². The van der Waals surface area contributed by atoms with Crippen molar-refractivity contribution in [1.29, 1.82) is 0 Å². The average Bonchev–Trinajstić information content (AvgIpc) is 3.52. The molecule has 1 fully saturated rings. The van der Waals surface area contributed by atoms with Crippen molar-refractivity contribution in [3.05, 3.63) is 72.2 Å². The summed E-state index contributed by atoms with van der Waals surface area (Å²) in [5.41, 5.74) is 10.6. The number of para-hydroxylation sites is 1. The molecule has 2 aromatic heterocycles. The molecular weight excluding hydrogens is 428 g/mol. The summed E-state index contributed by atoms with van der Waals surface area (Å²) in [5.74, 6) is 0.511. The van der Waals surface area contributed by atoms with Crippen molar-refractivity contribution in [2.75, 3.05) is 40.3 Å². The number of hydrogen-bond acceptors (Lipinski definition) is 5. The molecule has 2 aromatic carbocycles. The van der Waals surface area contributed by atoms with Crippen molar-refractivity contribution in [3.8, 4) is 16.9 Å². The van der Waals surface area contributed by atoms with Crippen molar-refractivity contribution in [2.45, 2.75) is 12.0 Å². The molecule has 0 spiro atoms. The summed E-state index contributed by atoms with van der Waals surface area (Å²) in [4.78, 5) is 20.1. The van der Waals surface area contributed by atoms with Crippen LogP contribution in [0, 0.1) is 0 Å². The van der Waals surface area contributed by atoms with Gasteiger partial charge in [0.2, 0.25) is 5.91 Å². The number of carbonyl (C=O) groups is 1. The van der Waals surface area contributed by atoms with Gasteiger partial charge in [-0.05, 0) is 24.7 Å². The summed E-state index contributed by atoms with van der Waals surface area (Å²) in [5, 5.41) is 8.17. The van der Waals surface area contributed by atoms with Crippen molar-refractivity contribution in [2.24, 2.45) is 5.73 Å². The number of rotatable bonds is 7. The summed E-state index contributed by atoms with van der Waals surface area (Å²) < 4.78 is 5.60. The zero-order valence-corrected chi connectivity index (χ0v) is 19.5. The Balaban J connectivity index is 1.76. The van der Waals surface area contributed by atoms with Crippen LogP contribution in [0.15, 0.2) is 61.1 Å². The zero-order chi connectivity index (χ0) is 23.7. The number of methoxy groups -OCH3 is 1. The number of nitrogens with one attached hydrogen (secondary N) is 2. The van der Waals surface area contributed by atoms with E-state index < -0.39 is 5.54 Å². The van der Waals surface area contributed by atoms with E-state index in [1.54, 1.807) is 7.11 Å². The van der Waals surface area contributed by atoms with Crippen LogP contribution in [0.25, 0.3) is 22.0 Å². The minimum absolute atomic E-state index is 0.293. The van der Waals surface area contributed by atoms with Crippen molar-refractivity contribution in [3.63, 3.8) is 0 Å². The molecule has 5 rings (SSSR count). The van der Waals surface area contributed by atoms with Gasteiger partial charge in [-0.15, -0.1) is 0 Å². The lowest BCUT2D eigenvalue weighted by atomic mass is 9.78. The number of aromatic nitrogens is 3. The van der Waals surface area contributed by atoms with Gasteiger partial charge in [-0.1, -0.05) is 30.3 Å². The smallest absolute Gasteiger partial charge is 0.218 e. The largest absolute Gasteiger partial charge is 0.497 e. The number of carbonyl (C=O) groups excluding carboxylic acids is 1. The Hall–Kier alpha value is -3.62. The van der Waals surface area contributed by atoms with Gasteiger partial charge >= 0.3 is 0 Å². The summed E-state index contributed by atoms with van der Waals surface area (Å²) >= 11 is 0. The monoisotopic (exact) mass is 458 g/mol. The second-order valence-electron chi connectivity index (χ2n) is 8.95. The molecule has 1 aliphatic rings. The maximum atomic E-state index is 11.8. The van der Waals surface area contributed by atoms with Gasteiger partial charge in [0, 0.05) is 67.1 Å². The fraction of sp³-hybridized carbons (Fsp3) is 0.308. The normalized spacial score (nSPS) is 19.5. The number of fused-ring (bicyclic) bond motifs is 1. The van der Waals surface area contributed by atoms with Crippen molar-refractivity contribution >= 4 is 16.8 Å². The first-order chi connectivity index (χ1) is 16.5.